The fraction of sp³-hybridized carbons (Fsp3) is 0.727. The second-order valence-electron chi connectivity index (χ2n) is 4.48. The van der Waals surface area contributed by atoms with Crippen molar-refractivity contribution >= 4 is 22.9 Å². The van der Waals surface area contributed by atoms with E-state index in [4.69, 9.17) is 11.6 Å². The normalized spacial score (nSPS) is 15.9. The lowest BCUT2D eigenvalue weighted by Gasteiger charge is -2.30. The Balaban J connectivity index is 2.75. The Morgan fingerprint density at radius 1 is 1.57 bits per heavy atom. The molecule has 1 atom stereocenters. The Morgan fingerprint density at radius 3 is 2.57 bits per heavy atom. The number of halogens is 1. The SMILES string of the molecule is Cc1nc(CC(C)(CCl)C(C)C)cs1. The van der Waals surface area contributed by atoms with E-state index < -0.39 is 0 Å². The molecule has 0 saturated heterocycles. The number of nitrogens with zero attached hydrogens (tertiary/aromatic N) is 1. The molecule has 0 aliphatic heterocycles. The molecule has 0 aliphatic rings. The molecule has 1 heterocycles. The highest BCUT2D eigenvalue weighted by atomic mass is 35.5. The minimum atomic E-state index is 0.169. The van der Waals surface area contributed by atoms with Crippen LogP contribution in [0.25, 0.3) is 0 Å². The molecule has 0 aliphatic carbocycles. The van der Waals surface area contributed by atoms with E-state index in [0.717, 1.165) is 11.4 Å². The summed E-state index contributed by atoms with van der Waals surface area (Å²) in [5, 5.41) is 3.28. The van der Waals surface area contributed by atoms with E-state index >= 15 is 0 Å². The van der Waals surface area contributed by atoms with Gasteiger partial charge in [-0.2, -0.15) is 0 Å². The molecule has 1 nitrogen and oxygen atoms in total. The summed E-state index contributed by atoms with van der Waals surface area (Å²) in [7, 11) is 0. The van der Waals surface area contributed by atoms with Gasteiger partial charge in [0, 0.05) is 11.3 Å². The molecular weight excluding hydrogens is 214 g/mol. The third-order valence-electron chi connectivity index (χ3n) is 2.95. The van der Waals surface area contributed by atoms with E-state index in [-0.39, 0.29) is 5.41 Å². The zero-order chi connectivity index (χ0) is 10.8. The molecule has 80 valence electrons. The van der Waals surface area contributed by atoms with Crippen molar-refractivity contribution in [2.75, 3.05) is 5.88 Å². The Hall–Kier alpha value is -0.0800. The summed E-state index contributed by atoms with van der Waals surface area (Å²) in [6, 6.07) is 0. The number of aryl methyl sites for hydroxylation is 1. The Morgan fingerprint density at radius 2 is 2.21 bits per heavy atom. The molecule has 0 bridgehead atoms. The molecular formula is C11H18ClNS. The molecule has 0 amide bonds. The zero-order valence-corrected chi connectivity index (χ0v) is 10.9. The molecule has 14 heavy (non-hydrogen) atoms. The number of rotatable bonds is 4. The first kappa shape index (κ1) is 12.0. The van der Waals surface area contributed by atoms with Crippen molar-refractivity contribution in [2.24, 2.45) is 11.3 Å². The van der Waals surface area contributed by atoms with Crippen LogP contribution in [0.15, 0.2) is 5.38 Å². The van der Waals surface area contributed by atoms with E-state index in [2.05, 4.69) is 31.1 Å². The molecule has 0 radical (unpaired) electrons. The van der Waals surface area contributed by atoms with Gasteiger partial charge in [0.05, 0.1) is 10.7 Å². The highest BCUT2D eigenvalue weighted by Crippen LogP contribution is 2.32. The molecule has 3 heteroatoms. The van der Waals surface area contributed by atoms with E-state index in [1.54, 1.807) is 11.3 Å². The summed E-state index contributed by atoms with van der Waals surface area (Å²) in [4.78, 5) is 4.49. The number of thiazole rings is 1. The van der Waals surface area contributed by atoms with Crippen molar-refractivity contribution < 1.29 is 0 Å². The lowest BCUT2D eigenvalue weighted by Crippen LogP contribution is -2.28. The van der Waals surface area contributed by atoms with Crippen LogP contribution < -0.4 is 0 Å². The van der Waals surface area contributed by atoms with Gasteiger partial charge >= 0.3 is 0 Å². The van der Waals surface area contributed by atoms with Crippen LogP contribution in [0.5, 0.6) is 0 Å². The minimum Gasteiger partial charge on any atom is -0.247 e. The molecule has 0 N–H and O–H groups in total. The maximum atomic E-state index is 6.04. The molecule has 1 aromatic rings. The monoisotopic (exact) mass is 231 g/mol. The van der Waals surface area contributed by atoms with Crippen LogP contribution in [-0.4, -0.2) is 10.9 Å². The second-order valence-corrected chi connectivity index (χ2v) is 5.81. The maximum Gasteiger partial charge on any atom is 0.0897 e. The van der Waals surface area contributed by atoms with Crippen LogP contribution in [-0.2, 0) is 6.42 Å². The van der Waals surface area contributed by atoms with E-state index in [0.29, 0.717) is 11.8 Å². The molecule has 0 fully saturated rings. The summed E-state index contributed by atoms with van der Waals surface area (Å²) >= 11 is 7.75. The average molecular weight is 232 g/mol. The van der Waals surface area contributed by atoms with Gasteiger partial charge in [-0.05, 0) is 24.7 Å². The number of hydrogen-bond acceptors (Lipinski definition) is 2. The largest absolute Gasteiger partial charge is 0.247 e. The van der Waals surface area contributed by atoms with Gasteiger partial charge in [0.2, 0.25) is 0 Å². The van der Waals surface area contributed by atoms with Crippen LogP contribution in [0.2, 0.25) is 0 Å². The standard InChI is InChI=1S/C11H18ClNS/c1-8(2)11(4,7-12)5-10-6-14-9(3)13-10/h6,8H,5,7H2,1-4H3. The Labute approximate surface area is 95.5 Å². The molecule has 0 spiro atoms. The summed E-state index contributed by atoms with van der Waals surface area (Å²) in [5.41, 5.74) is 1.35. The fourth-order valence-electron chi connectivity index (χ4n) is 1.31. The predicted octanol–water partition coefficient (Wildman–Crippen LogP) is 3.90. The van der Waals surface area contributed by atoms with Gasteiger partial charge in [-0.1, -0.05) is 20.8 Å². The first-order chi connectivity index (χ1) is 6.48. The maximum absolute atomic E-state index is 6.04. The minimum absolute atomic E-state index is 0.169. The zero-order valence-electron chi connectivity index (χ0n) is 9.30. The van der Waals surface area contributed by atoms with Gasteiger partial charge in [-0.25, -0.2) is 4.98 Å². The highest BCUT2D eigenvalue weighted by molar-refractivity contribution is 7.09. The molecule has 1 aromatic heterocycles. The summed E-state index contributed by atoms with van der Waals surface area (Å²) < 4.78 is 0. The van der Waals surface area contributed by atoms with Gasteiger partial charge in [-0.3, -0.25) is 0 Å². The van der Waals surface area contributed by atoms with Crippen LogP contribution in [0.4, 0.5) is 0 Å². The molecule has 1 unspecified atom stereocenters. The number of alkyl halides is 1. The van der Waals surface area contributed by atoms with Crippen LogP contribution >= 0.6 is 22.9 Å². The summed E-state index contributed by atoms with van der Waals surface area (Å²) in [6.45, 7) is 8.73. The smallest absolute Gasteiger partial charge is 0.0897 e. The number of hydrogen-bond donors (Lipinski definition) is 0. The highest BCUT2D eigenvalue weighted by Gasteiger charge is 2.28. The average Bonchev–Trinajstić information content (AvgIpc) is 2.50. The van der Waals surface area contributed by atoms with Crippen LogP contribution in [0.3, 0.4) is 0 Å². The van der Waals surface area contributed by atoms with Gasteiger partial charge < -0.3 is 0 Å². The van der Waals surface area contributed by atoms with Crippen molar-refractivity contribution in [3.8, 4) is 0 Å². The Bertz CT molecular complexity index is 295. The van der Waals surface area contributed by atoms with E-state index in [1.807, 2.05) is 6.92 Å². The van der Waals surface area contributed by atoms with Crippen molar-refractivity contribution in [3.05, 3.63) is 16.1 Å². The quantitative estimate of drug-likeness (QED) is 0.717. The van der Waals surface area contributed by atoms with Crippen molar-refractivity contribution in [3.63, 3.8) is 0 Å². The van der Waals surface area contributed by atoms with Crippen LogP contribution in [0.1, 0.15) is 31.5 Å². The van der Waals surface area contributed by atoms with E-state index in [9.17, 15) is 0 Å². The topological polar surface area (TPSA) is 12.9 Å². The summed E-state index contributed by atoms with van der Waals surface area (Å²) in [6.07, 6.45) is 0.985. The van der Waals surface area contributed by atoms with E-state index in [1.165, 1.54) is 5.69 Å². The van der Waals surface area contributed by atoms with Crippen molar-refractivity contribution in [1.82, 2.24) is 4.98 Å². The van der Waals surface area contributed by atoms with Gasteiger partial charge in [-0.15, -0.1) is 22.9 Å². The van der Waals surface area contributed by atoms with Crippen LogP contribution in [0, 0.1) is 18.3 Å². The first-order valence-corrected chi connectivity index (χ1v) is 6.36. The van der Waals surface area contributed by atoms with Gasteiger partial charge in [0.1, 0.15) is 0 Å². The van der Waals surface area contributed by atoms with Crippen molar-refractivity contribution in [1.29, 1.82) is 0 Å². The third-order valence-corrected chi connectivity index (χ3v) is 4.38. The molecule has 0 saturated carbocycles. The fourth-order valence-corrected chi connectivity index (χ4v) is 2.32. The van der Waals surface area contributed by atoms with Crippen molar-refractivity contribution in [2.45, 2.75) is 34.1 Å². The lowest BCUT2D eigenvalue weighted by atomic mass is 9.77. The first-order valence-electron chi connectivity index (χ1n) is 4.95. The molecule has 0 aromatic carbocycles. The predicted molar refractivity (Wildman–Crippen MR) is 64.2 cm³/mol. The third kappa shape index (κ3) is 2.71. The number of aromatic nitrogens is 1. The van der Waals surface area contributed by atoms with Gasteiger partial charge in [0.15, 0.2) is 0 Å². The summed E-state index contributed by atoms with van der Waals surface area (Å²) in [5.74, 6) is 1.28. The molecule has 1 rings (SSSR count). The Kier molecular flexibility index (Phi) is 3.96. The second kappa shape index (κ2) is 4.63. The van der Waals surface area contributed by atoms with Gasteiger partial charge in [0.25, 0.3) is 0 Å². The lowest BCUT2D eigenvalue weighted by molar-refractivity contribution is 0.251.